The minimum atomic E-state index is -3.36. The molecule has 1 saturated carbocycles. The first-order chi connectivity index (χ1) is 10.0. The van der Waals surface area contributed by atoms with Crippen molar-refractivity contribution in [2.24, 2.45) is 0 Å². The lowest BCUT2D eigenvalue weighted by Gasteiger charge is -2.46. The molecule has 1 fully saturated rings. The number of hydrogen-bond acceptors (Lipinski definition) is 7. The molecule has 7 nitrogen and oxygen atoms in total. The van der Waals surface area contributed by atoms with Crippen LogP contribution in [0.1, 0.15) is 39.5 Å². The molecule has 1 rings (SSSR count). The van der Waals surface area contributed by atoms with E-state index in [4.69, 9.17) is 9.47 Å². The van der Waals surface area contributed by atoms with E-state index in [0.717, 1.165) is 0 Å². The molecule has 0 radical (unpaired) electrons. The Balaban J connectivity index is 3.18. The van der Waals surface area contributed by atoms with Crippen LogP contribution in [-0.2, 0) is 19.1 Å². The van der Waals surface area contributed by atoms with Crippen molar-refractivity contribution < 1.29 is 34.4 Å². The predicted octanol–water partition coefficient (Wildman–Crippen LogP) is 0.537. The number of ether oxygens (including phenoxy) is 2. The SMILES string of the molecule is C=C(C)C(=O)OC1CCCCC1(OC(=O)C(=C)C)C(O)(O)O. The average molecular weight is 314 g/mol. The molecule has 0 saturated heterocycles. The summed E-state index contributed by atoms with van der Waals surface area (Å²) in [5.74, 6) is -5.05. The molecule has 2 atom stereocenters. The van der Waals surface area contributed by atoms with Crippen molar-refractivity contribution in [3.8, 4) is 0 Å². The minimum absolute atomic E-state index is 0.0131. The number of esters is 2. The van der Waals surface area contributed by atoms with Gasteiger partial charge >= 0.3 is 17.9 Å². The summed E-state index contributed by atoms with van der Waals surface area (Å²) < 4.78 is 10.3. The van der Waals surface area contributed by atoms with Crippen LogP contribution in [0.3, 0.4) is 0 Å². The number of carbonyl (C=O) groups excluding carboxylic acids is 2. The standard InChI is InChI=1S/C15H22O7/c1-9(2)12(16)21-11-7-5-6-8-14(11,15(18,19)20)22-13(17)10(3)4/h11,18-20H,1,3,5-8H2,2,4H3. The second kappa shape index (κ2) is 6.60. The van der Waals surface area contributed by atoms with Crippen LogP contribution in [0.25, 0.3) is 0 Å². The third kappa shape index (κ3) is 3.73. The van der Waals surface area contributed by atoms with Crippen molar-refractivity contribution in [1.29, 1.82) is 0 Å². The van der Waals surface area contributed by atoms with Crippen molar-refractivity contribution in [3.05, 3.63) is 24.3 Å². The first-order valence-corrected chi connectivity index (χ1v) is 6.93. The number of aliphatic hydroxyl groups is 3. The molecule has 0 bridgehead atoms. The zero-order chi connectivity index (χ0) is 17.1. The zero-order valence-corrected chi connectivity index (χ0v) is 12.8. The van der Waals surface area contributed by atoms with Gasteiger partial charge in [0, 0.05) is 11.1 Å². The Morgan fingerprint density at radius 3 is 2.09 bits per heavy atom. The largest absolute Gasteiger partial charge is 0.454 e. The predicted molar refractivity (Wildman–Crippen MR) is 76.2 cm³/mol. The van der Waals surface area contributed by atoms with Crippen LogP contribution in [0.15, 0.2) is 24.3 Å². The molecule has 0 aromatic rings. The van der Waals surface area contributed by atoms with Gasteiger partial charge in [-0.15, -0.1) is 0 Å². The summed E-state index contributed by atoms with van der Waals surface area (Å²) in [6, 6.07) is 0. The lowest BCUT2D eigenvalue weighted by atomic mass is 9.79. The Kier molecular flexibility index (Phi) is 5.50. The fraction of sp³-hybridized carbons (Fsp3) is 0.600. The molecule has 124 valence electrons. The third-order valence-electron chi connectivity index (χ3n) is 3.57. The van der Waals surface area contributed by atoms with Gasteiger partial charge in [-0.2, -0.15) is 0 Å². The smallest absolute Gasteiger partial charge is 0.334 e. The minimum Gasteiger partial charge on any atom is -0.454 e. The summed E-state index contributed by atoms with van der Waals surface area (Å²) in [4.78, 5) is 23.5. The number of carbonyl (C=O) groups is 2. The average Bonchev–Trinajstić information content (AvgIpc) is 2.39. The summed E-state index contributed by atoms with van der Waals surface area (Å²) in [6.07, 6.45) is -0.0334. The van der Waals surface area contributed by atoms with Gasteiger partial charge in [-0.25, -0.2) is 9.59 Å². The Labute approximate surface area is 128 Å². The van der Waals surface area contributed by atoms with Crippen molar-refractivity contribution in [2.75, 3.05) is 0 Å². The highest BCUT2D eigenvalue weighted by atomic mass is 16.7. The van der Waals surface area contributed by atoms with Crippen molar-refractivity contribution in [3.63, 3.8) is 0 Å². The van der Waals surface area contributed by atoms with Crippen molar-refractivity contribution in [2.45, 2.75) is 57.2 Å². The topological polar surface area (TPSA) is 113 Å². The molecule has 0 spiro atoms. The quantitative estimate of drug-likeness (QED) is 0.385. The highest BCUT2D eigenvalue weighted by molar-refractivity contribution is 5.88. The van der Waals surface area contributed by atoms with Crippen LogP contribution in [0.4, 0.5) is 0 Å². The molecule has 22 heavy (non-hydrogen) atoms. The highest BCUT2D eigenvalue weighted by Crippen LogP contribution is 2.40. The van der Waals surface area contributed by atoms with E-state index in [0.29, 0.717) is 12.8 Å². The Morgan fingerprint density at radius 1 is 1.09 bits per heavy atom. The van der Waals surface area contributed by atoms with Crippen LogP contribution >= 0.6 is 0 Å². The van der Waals surface area contributed by atoms with Gasteiger partial charge in [0.05, 0.1) is 0 Å². The second-order valence-electron chi connectivity index (χ2n) is 5.61. The van der Waals surface area contributed by atoms with Gasteiger partial charge in [0.15, 0.2) is 0 Å². The highest BCUT2D eigenvalue weighted by Gasteiger charge is 2.60. The lowest BCUT2D eigenvalue weighted by Crippen LogP contribution is -2.65. The zero-order valence-electron chi connectivity index (χ0n) is 12.8. The number of hydrogen-bond donors (Lipinski definition) is 3. The Bertz CT molecular complexity index is 489. The normalized spacial score (nSPS) is 25.2. The third-order valence-corrected chi connectivity index (χ3v) is 3.57. The molecule has 0 amide bonds. The first kappa shape index (κ1) is 18.3. The second-order valence-corrected chi connectivity index (χ2v) is 5.61. The van der Waals surface area contributed by atoms with Crippen LogP contribution in [-0.4, -0.2) is 44.9 Å². The van der Waals surface area contributed by atoms with E-state index in [2.05, 4.69) is 13.2 Å². The maximum absolute atomic E-state index is 11.8. The summed E-state index contributed by atoms with van der Waals surface area (Å²) in [6.45, 7) is 9.65. The summed E-state index contributed by atoms with van der Waals surface area (Å²) in [5.41, 5.74) is -2.06. The van der Waals surface area contributed by atoms with E-state index in [9.17, 15) is 24.9 Å². The van der Waals surface area contributed by atoms with Crippen LogP contribution in [0, 0.1) is 0 Å². The molecule has 7 heteroatoms. The Hall–Kier alpha value is -1.70. The summed E-state index contributed by atoms with van der Waals surface area (Å²) >= 11 is 0. The van der Waals surface area contributed by atoms with E-state index in [1.807, 2.05) is 0 Å². The van der Waals surface area contributed by atoms with Gasteiger partial charge < -0.3 is 24.8 Å². The fourth-order valence-electron chi connectivity index (χ4n) is 2.32. The first-order valence-electron chi connectivity index (χ1n) is 6.93. The van der Waals surface area contributed by atoms with Gasteiger partial charge in [-0.3, -0.25) is 0 Å². The van der Waals surface area contributed by atoms with E-state index in [1.54, 1.807) is 0 Å². The molecule has 0 aromatic carbocycles. The molecule has 0 heterocycles. The van der Waals surface area contributed by atoms with Gasteiger partial charge in [0.2, 0.25) is 5.60 Å². The monoisotopic (exact) mass is 314 g/mol. The van der Waals surface area contributed by atoms with Gasteiger partial charge in [-0.05, 0) is 39.5 Å². The van der Waals surface area contributed by atoms with Gasteiger partial charge in [-0.1, -0.05) is 13.2 Å². The Morgan fingerprint density at radius 2 is 1.64 bits per heavy atom. The molecule has 2 unspecified atom stereocenters. The molecule has 1 aliphatic carbocycles. The van der Waals surface area contributed by atoms with Gasteiger partial charge in [0.25, 0.3) is 0 Å². The summed E-state index contributed by atoms with van der Waals surface area (Å²) in [7, 11) is 0. The van der Waals surface area contributed by atoms with Crippen molar-refractivity contribution in [1.82, 2.24) is 0 Å². The maximum atomic E-state index is 11.8. The lowest BCUT2D eigenvalue weighted by molar-refractivity contribution is -0.410. The van der Waals surface area contributed by atoms with E-state index in [1.165, 1.54) is 13.8 Å². The van der Waals surface area contributed by atoms with E-state index < -0.39 is 29.6 Å². The van der Waals surface area contributed by atoms with E-state index in [-0.39, 0.29) is 24.0 Å². The fourth-order valence-corrected chi connectivity index (χ4v) is 2.32. The van der Waals surface area contributed by atoms with E-state index >= 15 is 0 Å². The molecular weight excluding hydrogens is 292 g/mol. The van der Waals surface area contributed by atoms with Crippen LogP contribution < -0.4 is 0 Å². The van der Waals surface area contributed by atoms with Crippen molar-refractivity contribution >= 4 is 11.9 Å². The van der Waals surface area contributed by atoms with Crippen LogP contribution in [0.2, 0.25) is 0 Å². The molecule has 0 aromatic heterocycles. The van der Waals surface area contributed by atoms with Gasteiger partial charge in [0.1, 0.15) is 6.10 Å². The molecule has 3 N–H and O–H groups in total. The molecular formula is C15H22O7. The number of rotatable bonds is 5. The molecule has 1 aliphatic rings. The maximum Gasteiger partial charge on any atom is 0.334 e. The summed E-state index contributed by atoms with van der Waals surface area (Å²) in [5, 5.41) is 29.2. The van der Waals surface area contributed by atoms with Crippen LogP contribution in [0.5, 0.6) is 0 Å². The molecule has 0 aliphatic heterocycles.